The van der Waals surface area contributed by atoms with E-state index in [0.29, 0.717) is 19.4 Å². The average Bonchev–Trinajstić information content (AvgIpc) is 2.24. The second kappa shape index (κ2) is 11.5. The average molecular weight is 217 g/mol. The summed E-state index contributed by atoms with van der Waals surface area (Å²) < 4.78 is 0. The molecule has 0 spiro atoms. The van der Waals surface area contributed by atoms with Gasteiger partial charge in [0.05, 0.1) is 0 Å². The summed E-state index contributed by atoms with van der Waals surface area (Å²) in [6, 6.07) is 0. The second-order valence-electron chi connectivity index (χ2n) is 3.61. The van der Waals surface area contributed by atoms with Crippen molar-refractivity contribution in [3.05, 3.63) is 0 Å². The molecule has 0 rings (SSSR count). The number of aliphatic hydroxyl groups is 1. The number of aliphatic hydroxyl groups excluding tert-OH is 1. The number of carbonyl (C=O) groups excluding carboxylic acids is 1. The van der Waals surface area contributed by atoms with Crippen molar-refractivity contribution in [2.24, 2.45) is 0 Å². The van der Waals surface area contributed by atoms with E-state index < -0.39 is 0 Å². The zero-order chi connectivity index (χ0) is 11.4. The Morgan fingerprint density at radius 1 is 1.20 bits per heavy atom. The number of hydrogen-bond acceptors (Lipinski definition) is 4. The third kappa shape index (κ3) is 11.3. The fraction of sp³-hybridized carbons (Fsp3) is 0.909. The van der Waals surface area contributed by atoms with Crippen molar-refractivity contribution in [3.8, 4) is 0 Å². The van der Waals surface area contributed by atoms with Crippen LogP contribution >= 0.6 is 0 Å². The Balaban J connectivity index is 3.11. The highest BCUT2D eigenvalue weighted by Gasteiger charge is 2.01. The molecule has 0 atom stereocenters. The quantitative estimate of drug-likeness (QED) is 0.432. The summed E-state index contributed by atoms with van der Waals surface area (Å²) in [6.07, 6.45) is 6.73. The Morgan fingerprint density at radius 3 is 2.60 bits per heavy atom. The van der Waals surface area contributed by atoms with Crippen LogP contribution in [0, 0.1) is 0 Å². The molecule has 0 unspecified atom stereocenters. The second-order valence-corrected chi connectivity index (χ2v) is 3.61. The molecule has 0 aromatic heterocycles. The Bertz CT molecular complexity index is 151. The summed E-state index contributed by atoms with van der Waals surface area (Å²) in [4.78, 5) is 15.8. The van der Waals surface area contributed by atoms with Gasteiger partial charge in [0.2, 0.25) is 0 Å². The van der Waals surface area contributed by atoms with Gasteiger partial charge in [-0.1, -0.05) is 32.6 Å². The summed E-state index contributed by atoms with van der Waals surface area (Å²) in [5, 5.41) is 8.47. The van der Waals surface area contributed by atoms with Gasteiger partial charge in [-0.2, -0.15) is 5.48 Å². The smallest absolute Gasteiger partial charge is 0.324 e. The molecule has 0 heterocycles. The summed E-state index contributed by atoms with van der Waals surface area (Å²) in [5.41, 5.74) is 2.53. The third-order valence-electron chi connectivity index (χ3n) is 2.11. The van der Waals surface area contributed by atoms with Crippen molar-refractivity contribution in [3.63, 3.8) is 0 Å². The first kappa shape index (κ1) is 14.4. The molecule has 0 aliphatic rings. The minimum atomic E-state index is -0.204. The molecule has 0 radical (unpaired) electrons. The van der Waals surface area contributed by atoms with Crippen LogP contribution in [0.15, 0.2) is 0 Å². The maximum absolute atomic E-state index is 11.1. The zero-order valence-corrected chi connectivity index (χ0v) is 9.63. The van der Waals surface area contributed by atoms with E-state index in [0.717, 1.165) is 12.8 Å². The molecule has 0 aromatic rings. The van der Waals surface area contributed by atoms with Gasteiger partial charge in [0.1, 0.15) is 0 Å². The summed E-state index contributed by atoms with van der Waals surface area (Å²) in [7, 11) is 0. The molecule has 4 heteroatoms. The first-order valence-corrected chi connectivity index (χ1v) is 5.84. The predicted octanol–water partition coefficient (Wildman–Crippen LogP) is 1.78. The van der Waals surface area contributed by atoms with Crippen molar-refractivity contribution in [1.82, 2.24) is 5.48 Å². The summed E-state index contributed by atoms with van der Waals surface area (Å²) in [5.74, 6) is -0.204. The van der Waals surface area contributed by atoms with Crippen molar-refractivity contribution in [1.29, 1.82) is 0 Å². The number of unbranched alkanes of at least 4 members (excludes halogenated alkanes) is 4. The Morgan fingerprint density at radius 2 is 1.93 bits per heavy atom. The summed E-state index contributed by atoms with van der Waals surface area (Å²) >= 11 is 0. The predicted molar refractivity (Wildman–Crippen MR) is 59.2 cm³/mol. The summed E-state index contributed by atoms with van der Waals surface area (Å²) in [6.45, 7) is 2.79. The monoisotopic (exact) mass is 217 g/mol. The first-order chi connectivity index (χ1) is 7.31. The molecule has 0 amide bonds. The van der Waals surface area contributed by atoms with E-state index in [1.807, 2.05) is 0 Å². The van der Waals surface area contributed by atoms with Crippen LogP contribution in [0.3, 0.4) is 0 Å². The van der Waals surface area contributed by atoms with E-state index >= 15 is 0 Å². The van der Waals surface area contributed by atoms with Crippen molar-refractivity contribution in [2.45, 2.75) is 51.9 Å². The van der Waals surface area contributed by atoms with Gasteiger partial charge in [-0.3, -0.25) is 4.79 Å². The minimum absolute atomic E-state index is 0.113. The van der Waals surface area contributed by atoms with Crippen molar-refractivity contribution in [2.75, 3.05) is 13.2 Å². The molecule has 0 aliphatic carbocycles. The molecule has 4 nitrogen and oxygen atoms in total. The largest absolute Gasteiger partial charge is 0.396 e. The van der Waals surface area contributed by atoms with Crippen LogP contribution in [-0.2, 0) is 9.63 Å². The topological polar surface area (TPSA) is 58.6 Å². The van der Waals surface area contributed by atoms with Gasteiger partial charge in [0.25, 0.3) is 0 Å². The molecule has 90 valence electrons. The van der Waals surface area contributed by atoms with Crippen LogP contribution in [-0.4, -0.2) is 24.2 Å². The highest BCUT2D eigenvalue weighted by Crippen LogP contribution is 2.05. The number of hydrogen-bond donors (Lipinski definition) is 2. The van der Waals surface area contributed by atoms with E-state index in [1.54, 1.807) is 0 Å². The molecule has 0 fully saturated rings. The Hall–Kier alpha value is -0.610. The Labute approximate surface area is 92.0 Å². The number of hydroxylamine groups is 1. The molecular formula is C11H23NO3. The standard InChI is InChI=1S/C11H23NO3/c1-2-3-4-5-6-8-11(14)15-12-9-7-10-13/h12-13H,2-10H2,1H3. The van der Waals surface area contributed by atoms with Crippen LogP contribution < -0.4 is 5.48 Å². The van der Waals surface area contributed by atoms with Gasteiger partial charge in [0.15, 0.2) is 0 Å². The lowest BCUT2D eigenvalue weighted by Crippen LogP contribution is -2.21. The van der Waals surface area contributed by atoms with Gasteiger partial charge < -0.3 is 9.94 Å². The van der Waals surface area contributed by atoms with Crippen molar-refractivity contribution < 1.29 is 14.7 Å². The molecule has 0 saturated carbocycles. The van der Waals surface area contributed by atoms with Gasteiger partial charge in [-0.05, 0) is 12.8 Å². The van der Waals surface area contributed by atoms with Crippen LogP contribution in [0.1, 0.15) is 51.9 Å². The highest BCUT2D eigenvalue weighted by molar-refractivity contribution is 5.68. The highest BCUT2D eigenvalue weighted by atomic mass is 16.7. The number of carbonyl (C=O) groups is 1. The van der Waals surface area contributed by atoms with Crippen LogP contribution in [0.2, 0.25) is 0 Å². The van der Waals surface area contributed by atoms with Crippen LogP contribution in [0.5, 0.6) is 0 Å². The van der Waals surface area contributed by atoms with E-state index in [4.69, 9.17) is 9.94 Å². The van der Waals surface area contributed by atoms with E-state index in [1.165, 1.54) is 19.3 Å². The van der Waals surface area contributed by atoms with Gasteiger partial charge in [0, 0.05) is 19.6 Å². The molecule has 2 N–H and O–H groups in total. The zero-order valence-electron chi connectivity index (χ0n) is 9.63. The Kier molecular flexibility index (Phi) is 11.0. The fourth-order valence-corrected chi connectivity index (χ4v) is 1.21. The SMILES string of the molecule is CCCCCCCC(=O)ONCCCO. The molecule has 0 aliphatic heterocycles. The molecule has 0 bridgehead atoms. The number of rotatable bonds is 10. The third-order valence-corrected chi connectivity index (χ3v) is 2.11. The molecule has 15 heavy (non-hydrogen) atoms. The van der Waals surface area contributed by atoms with Gasteiger partial charge >= 0.3 is 5.97 Å². The van der Waals surface area contributed by atoms with Gasteiger partial charge in [-0.15, -0.1) is 0 Å². The fourth-order valence-electron chi connectivity index (χ4n) is 1.21. The molecule has 0 aromatic carbocycles. The number of nitrogens with one attached hydrogen (secondary N) is 1. The lowest BCUT2D eigenvalue weighted by molar-refractivity contribution is -0.151. The van der Waals surface area contributed by atoms with E-state index in [9.17, 15) is 4.79 Å². The molecular weight excluding hydrogens is 194 g/mol. The normalized spacial score (nSPS) is 10.3. The van der Waals surface area contributed by atoms with E-state index in [2.05, 4.69) is 12.4 Å². The maximum Gasteiger partial charge on any atom is 0.324 e. The van der Waals surface area contributed by atoms with Gasteiger partial charge in [-0.25, -0.2) is 0 Å². The lowest BCUT2D eigenvalue weighted by atomic mass is 10.1. The minimum Gasteiger partial charge on any atom is -0.396 e. The first-order valence-electron chi connectivity index (χ1n) is 5.84. The lowest BCUT2D eigenvalue weighted by Gasteiger charge is -2.04. The van der Waals surface area contributed by atoms with Crippen LogP contribution in [0.4, 0.5) is 0 Å². The maximum atomic E-state index is 11.1. The molecule has 0 saturated heterocycles. The van der Waals surface area contributed by atoms with Crippen molar-refractivity contribution >= 4 is 5.97 Å². The van der Waals surface area contributed by atoms with Crippen LogP contribution in [0.25, 0.3) is 0 Å². The van der Waals surface area contributed by atoms with E-state index in [-0.39, 0.29) is 12.6 Å².